The maximum Gasteiger partial charge on any atom is 0.213 e. The molecule has 1 aromatic heterocycles. The van der Waals surface area contributed by atoms with Crippen LogP contribution in [0.2, 0.25) is 0 Å². The molecule has 1 N–H and O–H groups in total. The second-order valence-corrected chi connectivity index (χ2v) is 4.53. The lowest BCUT2D eigenvalue weighted by Crippen LogP contribution is -2.13. The van der Waals surface area contributed by atoms with E-state index in [0.29, 0.717) is 12.5 Å². The standard InChI is InChI=1S/C13H20N2O2/c1-10-5-12(7-14-2)6-13(15-10)17-9-11-3-4-16-8-11/h5-6,11,14H,3-4,7-9H2,1-2H3. The third-order valence-corrected chi connectivity index (χ3v) is 2.86. The van der Waals surface area contributed by atoms with E-state index in [1.54, 1.807) is 0 Å². The Morgan fingerprint density at radius 3 is 3.12 bits per heavy atom. The van der Waals surface area contributed by atoms with E-state index in [2.05, 4.69) is 16.4 Å². The second kappa shape index (κ2) is 5.98. The molecule has 94 valence electrons. The first-order valence-corrected chi connectivity index (χ1v) is 6.10. The topological polar surface area (TPSA) is 43.4 Å². The van der Waals surface area contributed by atoms with Crippen molar-refractivity contribution in [1.82, 2.24) is 10.3 Å². The number of aryl methyl sites for hydroxylation is 1. The maximum atomic E-state index is 5.74. The average molecular weight is 236 g/mol. The average Bonchev–Trinajstić information content (AvgIpc) is 2.79. The Hall–Kier alpha value is -1.13. The van der Waals surface area contributed by atoms with E-state index in [1.165, 1.54) is 5.56 Å². The fraction of sp³-hybridized carbons (Fsp3) is 0.615. The van der Waals surface area contributed by atoms with Gasteiger partial charge in [-0.1, -0.05) is 0 Å². The fourth-order valence-corrected chi connectivity index (χ4v) is 2.01. The Balaban J connectivity index is 1.94. The first kappa shape index (κ1) is 12.3. The van der Waals surface area contributed by atoms with Crippen molar-refractivity contribution in [2.75, 3.05) is 26.9 Å². The van der Waals surface area contributed by atoms with Crippen molar-refractivity contribution in [1.29, 1.82) is 0 Å². The first-order chi connectivity index (χ1) is 8.28. The molecule has 0 spiro atoms. The monoisotopic (exact) mass is 236 g/mol. The zero-order chi connectivity index (χ0) is 12.1. The smallest absolute Gasteiger partial charge is 0.213 e. The van der Waals surface area contributed by atoms with Gasteiger partial charge < -0.3 is 14.8 Å². The van der Waals surface area contributed by atoms with Crippen LogP contribution in [0.15, 0.2) is 12.1 Å². The van der Waals surface area contributed by atoms with Gasteiger partial charge in [-0.3, -0.25) is 0 Å². The number of ether oxygens (including phenoxy) is 2. The molecule has 0 amide bonds. The molecule has 1 unspecified atom stereocenters. The summed E-state index contributed by atoms with van der Waals surface area (Å²) < 4.78 is 11.1. The summed E-state index contributed by atoms with van der Waals surface area (Å²) in [6.45, 7) is 5.21. The number of pyridine rings is 1. The maximum absolute atomic E-state index is 5.74. The van der Waals surface area contributed by atoms with E-state index in [0.717, 1.165) is 37.8 Å². The van der Waals surface area contributed by atoms with Crippen LogP contribution in [-0.4, -0.2) is 31.9 Å². The predicted octanol–water partition coefficient (Wildman–Crippen LogP) is 1.52. The Morgan fingerprint density at radius 1 is 1.53 bits per heavy atom. The third-order valence-electron chi connectivity index (χ3n) is 2.86. The molecule has 0 aliphatic carbocycles. The number of nitrogens with zero attached hydrogens (tertiary/aromatic N) is 1. The Labute approximate surface area is 102 Å². The molecule has 1 atom stereocenters. The van der Waals surface area contributed by atoms with Gasteiger partial charge in [-0.15, -0.1) is 0 Å². The van der Waals surface area contributed by atoms with E-state index in [9.17, 15) is 0 Å². The highest BCUT2D eigenvalue weighted by Crippen LogP contribution is 2.16. The molecule has 4 heteroatoms. The molecule has 1 aliphatic rings. The number of aromatic nitrogens is 1. The van der Waals surface area contributed by atoms with Crippen LogP contribution in [0.25, 0.3) is 0 Å². The summed E-state index contributed by atoms with van der Waals surface area (Å²) in [4.78, 5) is 4.39. The van der Waals surface area contributed by atoms with Crippen molar-refractivity contribution < 1.29 is 9.47 Å². The van der Waals surface area contributed by atoms with Crippen LogP contribution in [0, 0.1) is 12.8 Å². The van der Waals surface area contributed by atoms with Gasteiger partial charge in [-0.25, -0.2) is 4.98 Å². The van der Waals surface area contributed by atoms with Crippen LogP contribution in [-0.2, 0) is 11.3 Å². The molecular formula is C13H20N2O2. The molecule has 1 saturated heterocycles. The molecule has 2 heterocycles. The van der Waals surface area contributed by atoms with E-state index in [4.69, 9.17) is 9.47 Å². The van der Waals surface area contributed by atoms with Crippen molar-refractivity contribution in [3.05, 3.63) is 23.4 Å². The summed E-state index contributed by atoms with van der Waals surface area (Å²) >= 11 is 0. The van der Waals surface area contributed by atoms with Gasteiger partial charge in [0.15, 0.2) is 0 Å². The minimum absolute atomic E-state index is 0.519. The Morgan fingerprint density at radius 2 is 2.41 bits per heavy atom. The molecule has 0 radical (unpaired) electrons. The SMILES string of the molecule is CNCc1cc(C)nc(OCC2CCOC2)c1. The summed E-state index contributed by atoms with van der Waals surface area (Å²) in [6, 6.07) is 4.07. The predicted molar refractivity (Wildman–Crippen MR) is 66.2 cm³/mol. The van der Waals surface area contributed by atoms with Gasteiger partial charge in [-0.2, -0.15) is 0 Å². The summed E-state index contributed by atoms with van der Waals surface area (Å²) in [5.74, 6) is 1.24. The van der Waals surface area contributed by atoms with E-state index in [-0.39, 0.29) is 0 Å². The number of rotatable bonds is 5. The normalized spacial score (nSPS) is 19.5. The minimum Gasteiger partial charge on any atom is -0.477 e. The quantitative estimate of drug-likeness (QED) is 0.842. The summed E-state index contributed by atoms with van der Waals surface area (Å²) in [6.07, 6.45) is 1.09. The molecule has 17 heavy (non-hydrogen) atoms. The number of hydrogen-bond donors (Lipinski definition) is 1. The largest absolute Gasteiger partial charge is 0.477 e. The zero-order valence-corrected chi connectivity index (χ0v) is 10.5. The van der Waals surface area contributed by atoms with E-state index >= 15 is 0 Å². The number of nitrogens with one attached hydrogen (secondary N) is 1. The highest BCUT2D eigenvalue weighted by molar-refractivity contribution is 5.24. The van der Waals surface area contributed by atoms with Crippen LogP contribution >= 0.6 is 0 Å². The van der Waals surface area contributed by atoms with Gasteiger partial charge >= 0.3 is 0 Å². The van der Waals surface area contributed by atoms with Crippen molar-refractivity contribution in [2.24, 2.45) is 5.92 Å². The van der Waals surface area contributed by atoms with Gasteiger partial charge in [-0.05, 0) is 32.0 Å². The van der Waals surface area contributed by atoms with Crippen LogP contribution in [0.1, 0.15) is 17.7 Å². The highest BCUT2D eigenvalue weighted by atomic mass is 16.5. The summed E-state index contributed by atoms with van der Waals surface area (Å²) in [5.41, 5.74) is 2.20. The minimum atomic E-state index is 0.519. The van der Waals surface area contributed by atoms with Gasteiger partial charge in [0.2, 0.25) is 5.88 Å². The fourth-order valence-electron chi connectivity index (χ4n) is 2.01. The molecule has 4 nitrogen and oxygen atoms in total. The van der Waals surface area contributed by atoms with Crippen LogP contribution in [0.5, 0.6) is 5.88 Å². The Kier molecular flexibility index (Phi) is 4.34. The summed E-state index contributed by atoms with van der Waals surface area (Å²) in [5, 5.41) is 3.13. The lowest BCUT2D eigenvalue weighted by molar-refractivity contribution is 0.165. The third kappa shape index (κ3) is 3.68. The Bertz CT molecular complexity index is 362. The van der Waals surface area contributed by atoms with Crippen LogP contribution in [0.4, 0.5) is 0 Å². The van der Waals surface area contributed by atoms with Crippen molar-refractivity contribution in [3.8, 4) is 5.88 Å². The molecular weight excluding hydrogens is 216 g/mol. The molecule has 0 saturated carbocycles. The van der Waals surface area contributed by atoms with E-state index in [1.807, 2.05) is 20.0 Å². The molecule has 2 rings (SSSR count). The molecule has 1 fully saturated rings. The molecule has 1 aliphatic heterocycles. The lowest BCUT2D eigenvalue weighted by atomic mass is 10.1. The molecule has 0 aromatic carbocycles. The van der Waals surface area contributed by atoms with Gasteiger partial charge in [0.25, 0.3) is 0 Å². The van der Waals surface area contributed by atoms with Crippen molar-refractivity contribution in [2.45, 2.75) is 19.9 Å². The van der Waals surface area contributed by atoms with Crippen molar-refractivity contribution in [3.63, 3.8) is 0 Å². The first-order valence-electron chi connectivity index (χ1n) is 6.10. The number of hydrogen-bond acceptors (Lipinski definition) is 4. The summed E-state index contributed by atoms with van der Waals surface area (Å²) in [7, 11) is 1.94. The van der Waals surface area contributed by atoms with Crippen LogP contribution in [0.3, 0.4) is 0 Å². The van der Waals surface area contributed by atoms with Gasteiger partial charge in [0, 0.05) is 30.8 Å². The van der Waals surface area contributed by atoms with E-state index < -0.39 is 0 Å². The highest BCUT2D eigenvalue weighted by Gasteiger charge is 2.16. The second-order valence-electron chi connectivity index (χ2n) is 4.53. The van der Waals surface area contributed by atoms with Crippen molar-refractivity contribution >= 4 is 0 Å². The van der Waals surface area contributed by atoms with Gasteiger partial charge in [0.1, 0.15) is 0 Å². The zero-order valence-electron chi connectivity index (χ0n) is 10.5. The van der Waals surface area contributed by atoms with Gasteiger partial charge in [0.05, 0.1) is 13.2 Å². The molecule has 1 aromatic rings. The molecule has 0 bridgehead atoms. The van der Waals surface area contributed by atoms with Crippen LogP contribution < -0.4 is 10.1 Å². The lowest BCUT2D eigenvalue weighted by Gasteiger charge is -2.11.